The smallest absolute Gasteiger partial charge is 0.269 e. The maximum absolute atomic E-state index is 12.4. The van der Waals surface area contributed by atoms with E-state index >= 15 is 0 Å². The van der Waals surface area contributed by atoms with E-state index in [1.165, 1.54) is 12.1 Å². The van der Waals surface area contributed by atoms with Crippen molar-refractivity contribution in [2.75, 3.05) is 18.0 Å². The molecule has 1 aliphatic heterocycles. The van der Waals surface area contributed by atoms with Crippen LogP contribution in [0.4, 0.5) is 11.4 Å². The first kappa shape index (κ1) is 19.0. The summed E-state index contributed by atoms with van der Waals surface area (Å²) in [5.74, 6) is -0.190. The normalized spacial score (nSPS) is 17.3. The zero-order valence-corrected chi connectivity index (χ0v) is 15.5. The van der Waals surface area contributed by atoms with E-state index in [1.807, 2.05) is 31.2 Å². The number of aryl methyl sites for hydroxylation is 1. The van der Waals surface area contributed by atoms with Gasteiger partial charge in [0.25, 0.3) is 5.69 Å². The van der Waals surface area contributed by atoms with E-state index in [4.69, 9.17) is 0 Å². The average molecular weight is 389 g/mol. The van der Waals surface area contributed by atoms with Crippen molar-refractivity contribution in [3.63, 3.8) is 0 Å². The number of hydrogen-bond acceptors (Lipinski definition) is 5. The lowest BCUT2D eigenvalue weighted by Gasteiger charge is -2.17. The summed E-state index contributed by atoms with van der Waals surface area (Å²) in [5, 5.41) is 10.7. The van der Waals surface area contributed by atoms with E-state index in [0.717, 1.165) is 23.4 Å². The van der Waals surface area contributed by atoms with Crippen LogP contribution >= 0.6 is 0 Å². The molecule has 1 amide bonds. The molecule has 3 rings (SSSR count). The highest BCUT2D eigenvalue weighted by Crippen LogP contribution is 2.25. The quantitative estimate of drug-likeness (QED) is 0.602. The minimum Gasteiger partial charge on any atom is -0.312 e. The molecule has 1 saturated heterocycles. The maximum atomic E-state index is 12.4. The van der Waals surface area contributed by atoms with Crippen LogP contribution < -0.4 is 9.62 Å². The van der Waals surface area contributed by atoms with Gasteiger partial charge in [-0.2, -0.15) is 0 Å². The van der Waals surface area contributed by atoms with Gasteiger partial charge >= 0.3 is 0 Å². The summed E-state index contributed by atoms with van der Waals surface area (Å²) < 4.78 is 27.2. The van der Waals surface area contributed by atoms with Crippen LogP contribution in [0, 0.1) is 23.0 Å². The highest BCUT2D eigenvalue weighted by atomic mass is 32.2. The van der Waals surface area contributed by atoms with E-state index in [-0.39, 0.29) is 35.4 Å². The van der Waals surface area contributed by atoms with Gasteiger partial charge in [0.2, 0.25) is 15.9 Å². The molecule has 142 valence electrons. The molecule has 0 bridgehead atoms. The molecule has 1 unspecified atom stereocenters. The summed E-state index contributed by atoms with van der Waals surface area (Å²) in [5.41, 5.74) is 1.72. The van der Waals surface area contributed by atoms with Crippen molar-refractivity contribution in [1.82, 2.24) is 4.72 Å². The van der Waals surface area contributed by atoms with E-state index in [9.17, 15) is 23.3 Å². The van der Waals surface area contributed by atoms with E-state index < -0.39 is 14.9 Å². The van der Waals surface area contributed by atoms with Crippen molar-refractivity contribution in [2.45, 2.75) is 18.2 Å². The Morgan fingerprint density at radius 1 is 1.15 bits per heavy atom. The van der Waals surface area contributed by atoms with Crippen molar-refractivity contribution in [3.05, 3.63) is 64.2 Å². The number of non-ortho nitro benzene ring substituents is 1. The highest BCUT2D eigenvalue weighted by Gasteiger charge is 2.31. The number of sulfonamides is 1. The Morgan fingerprint density at radius 3 is 2.37 bits per heavy atom. The molecule has 0 spiro atoms. The fourth-order valence-corrected chi connectivity index (χ4v) is 4.07. The predicted octanol–water partition coefficient (Wildman–Crippen LogP) is 2.23. The summed E-state index contributed by atoms with van der Waals surface area (Å²) in [4.78, 5) is 23.9. The van der Waals surface area contributed by atoms with Gasteiger partial charge in [-0.3, -0.25) is 14.9 Å². The number of benzene rings is 2. The van der Waals surface area contributed by atoms with Gasteiger partial charge in [-0.25, -0.2) is 13.1 Å². The summed E-state index contributed by atoms with van der Waals surface area (Å²) in [6, 6.07) is 12.3. The van der Waals surface area contributed by atoms with E-state index in [2.05, 4.69) is 4.72 Å². The zero-order chi connectivity index (χ0) is 19.6. The largest absolute Gasteiger partial charge is 0.312 e. The van der Waals surface area contributed by atoms with Crippen LogP contribution in [0.25, 0.3) is 0 Å². The Kier molecular flexibility index (Phi) is 5.24. The van der Waals surface area contributed by atoms with Gasteiger partial charge in [0, 0.05) is 37.3 Å². The van der Waals surface area contributed by atoms with Crippen LogP contribution in [0.15, 0.2) is 53.4 Å². The second-order valence-electron chi connectivity index (χ2n) is 6.51. The van der Waals surface area contributed by atoms with Crippen LogP contribution in [0.1, 0.15) is 12.0 Å². The fraction of sp³-hybridized carbons (Fsp3) is 0.278. The first-order valence-corrected chi connectivity index (χ1v) is 9.86. The minimum absolute atomic E-state index is 0.0432. The number of carbonyl (C=O) groups excluding carboxylic acids is 1. The van der Waals surface area contributed by atoms with E-state index in [0.29, 0.717) is 6.54 Å². The third-order valence-electron chi connectivity index (χ3n) is 4.47. The number of nitrogens with zero attached hydrogens (tertiary/aromatic N) is 2. The van der Waals surface area contributed by atoms with Gasteiger partial charge < -0.3 is 4.90 Å². The summed E-state index contributed by atoms with van der Waals surface area (Å²) in [6.45, 7) is 2.52. The lowest BCUT2D eigenvalue weighted by Crippen LogP contribution is -2.31. The maximum Gasteiger partial charge on any atom is 0.269 e. The average Bonchev–Trinajstić information content (AvgIpc) is 3.02. The number of anilines is 1. The number of nitrogens with one attached hydrogen (secondary N) is 1. The second-order valence-corrected chi connectivity index (χ2v) is 8.28. The van der Waals surface area contributed by atoms with Gasteiger partial charge in [-0.1, -0.05) is 17.7 Å². The van der Waals surface area contributed by atoms with Crippen molar-refractivity contribution >= 4 is 27.3 Å². The number of nitro benzene ring substituents is 1. The number of hydrogen-bond donors (Lipinski definition) is 1. The van der Waals surface area contributed by atoms with Crippen LogP contribution in [0.3, 0.4) is 0 Å². The molecule has 0 aromatic heterocycles. The molecule has 0 radical (unpaired) electrons. The van der Waals surface area contributed by atoms with Crippen LogP contribution in [0.2, 0.25) is 0 Å². The van der Waals surface area contributed by atoms with Gasteiger partial charge in [-0.15, -0.1) is 0 Å². The zero-order valence-electron chi connectivity index (χ0n) is 14.7. The molecule has 0 saturated carbocycles. The fourth-order valence-electron chi connectivity index (χ4n) is 2.95. The molecule has 27 heavy (non-hydrogen) atoms. The lowest BCUT2D eigenvalue weighted by atomic mass is 10.1. The number of carbonyl (C=O) groups is 1. The van der Waals surface area contributed by atoms with E-state index in [1.54, 1.807) is 4.90 Å². The monoisotopic (exact) mass is 389 g/mol. The first-order chi connectivity index (χ1) is 12.8. The van der Waals surface area contributed by atoms with Crippen molar-refractivity contribution in [3.8, 4) is 0 Å². The molecule has 1 fully saturated rings. The minimum atomic E-state index is -3.80. The lowest BCUT2D eigenvalue weighted by molar-refractivity contribution is -0.384. The van der Waals surface area contributed by atoms with Gasteiger partial charge in [0.1, 0.15) is 0 Å². The van der Waals surface area contributed by atoms with Crippen LogP contribution in [-0.4, -0.2) is 32.3 Å². The molecule has 9 heteroatoms. The summed E-state index contributed by atoms with van der Waals surface area (Å²) in [6.07, 6.45) is 0.261. The second kappa shape index (κ2) is 7.45. The Balaban J connectivity index is 1.63. The van der Waals surface area contributed by atoms with Crippen molar-refractivity contribution in [2.24, 2.45) is 5.92 Å². The molecule has 1 atom stereocenters. The van der Waals surface area contributed by atoms with Gasteiger partial charge in [-0.05, 0) is 37.1 Å². The first-order valence-electron chi connectivity index (χ1n) is 8.37. The van der Waals surface area contributed by atoms with Crippen LogP contribution in [-0.2, 0) is 14.8 Å². The van der Waals surface area contributed by atoms with Gasteiger partial charge in [0.15, 0.2) is 0 Å². The summed E-state index contributed by atoms with van der Waals surface area (Å²) >= 11 is 0. The third kappa shape index (κ3) is 4.32. The molecule has 0 aliphatic carbocycles. The molecular weight excluding hydrogens is 370 g/mol. The Bertz CT molecular complexity index is 955. The van der Waals surface area contributed by atoms with Crippen molar-refractivity contribution in [1.29, 1.82) is 0 Å². The van der Waals surface area contributed by atoms with Crippen molar-refractivity contribution < 1.29 is 18.1 Å². The number of amides is 1. The SMILES string of the molecule is Cc1ccc(N2CC(CNS(=O)(=O)c3ccc([N+](=O)[O-])cc3)CC2=O)cc1. The standard InChI is InChI=1S/C18H19N3O5S/c1-13-2-4-15(5-3-13)20-12-14(10-18(20)22)11-19-27(25,26)17-8-6-16(7-9-17)21(23)24/h2-9,14,19H,10-12H2,1H3. The Labute approximate surface area is 157 Å². The summed E-state index contributed by atoms with van der Waals surface area (Å²) in [7, 11) is -3.80. The molecule has 2 aromatic carbocycles. The Hall–Kier alpha value is -2.78. The third-order valence-corrected chi connectivity index (χ3v) is 5.91. The Morgan fingerprint density at radius 2 is 1.78 bits per heavy atom. The molecule has 2 aromatic rings. The molecular formula is C18H19N3O5S. The number of rotatable bonds is 6. The van der Waals surface area contributed by atoms with Gasteiger partial charge in [0.05, 0.1) is 9.82 Å². The molecule has 1 N–H and O–H groups in total. The highest BCUT2D eigenvalue weighted by molar-refractivity contribution is 7.89. The predicted molar refractivity (Wildman–Crippen MR) is 99.9 cm³/mol. The topological polar surface area (TPSA) is 110 Å². The molecule has 8 nitrogen and oxygen atoms in total. The molecule has 1 aliphatic rings. The number of nitro groups is 1. The molecule has 1 heterocycles. The van der Waals surface area contributed by atoms with Crippen LogP contribution in [0.5, 0.6) is 0 Å².